The lowest BCUT2D eigenvalue weighted by Crippen LogP contribution is -2.49. The Kier molecular flexibility index (Phi) is 6.93. The van der Waals surface area contributed by atoms with Crippen molar-refractivity contribution >= 4 is 0 Å². The quantitative estimate of drug-likeness (QED) is 0.397. The highest BCUT2D eigenvalue weighted by atomic mass is 16.5. The molecule has 1 aromatic carbocycles. The molecule has 0 saturated heterocycles. The van der Waals surface area contributed by atoms with Gasteiger partial charge in [0.05, 0.1) is 19.3 Å². The van der Waals surface area contributed by atoms with E-state index in [4.69, 9.17) is 15.6 Å². The molecular formula is C13H21NO5. The maximum absolute atomic E-state index is 9.83. The molecule has 0 fully saturated rings. The van der Waals surface area contributed by atoms with E-state index in [1.807, 2.05) is 30.3 Å². The molecule has 0 aromatic heterocycles. The molecule has 0 saturated carbocycles. The zero-order valence-corrected chi connectivity index (χ0v) is 10.6. The van der Waals surface area contributed by atoms with Gasteiger partial charge in [-0.2, -0.15) is 0 Å². The number of aliphatic hydroxyl groups is 4. The summed E-state index contributed by atoms with van der Waals surface area (Å²) < 4.78 is 5.43. The van der Waals surface area contributed by atoms with Gasteiger partial charge in [0.2, 0.25) is 0 Å². The van der Waals surface area contributed by atoms with Crippen molar-refractivity contribution in [1.29, 1.82) is 0 Å². The second kappa shape index (κ2) is 8.21. The van der Waals surface area contributed by atoms with Crippen LogP contribution in [0.5, 0.6) is 0 Å². The molecule has 0 spiro atoms. The van der Waals surface area contributed by atoms with Crippen molar-refractivity contribution in [2.75, 3.05) is 13.2 Å². The van der Waals surface area contributed by atoms with E-state index in [1.165, 1.54) is 0 Å². The molecular weight excluding hydrogens is 250 g/mol. The Hall–Kier alpha value is -1.02. The zero-order chi connectivity index (χ0) is 14.3. The summed E-state index contributed by atoms with van der Waals surface area (Å²) in [7, 11) is 0. The lowest BCUT2D eigenvalue weighted by molar-refractivity contribution is -0.131. The van der Waals surface area contributed by atoms with Crippen LogP contribution in [0.4, 0.5) is 0 Å². The second-order valence-corrected chi connectivity index (χ2v) is 4.30. The maximum Gasteiger partial charge on any atom is 0.111 e. The van der Waals surface area contributed by atoms with Crippen LogP contribution in [-0.2, 0) is 11.3 Å². The van der Waals surface area contributed by atoms with E-state index in [-0.39, 0.29) is 13.2 Å². The monoisotopic (exact) mass is 271 g/mol. The first-order valence-electron chi connectivity index (χ1n) is 6.10. The molecule has 0 aliphatic rings. The van der Waals surface area contributed by atoms with E-state index >= 15 is 0 Å². The molecule has 19 heavy (non-hydrogen) atoms. The highest BCUT2D eigenvalue weighted by Crippen LogP contribution is 2.10. The van der Waals surface area contributed by atoms with Gasteiger partial charge in [0, 0.05) is 6.54 Å². The Morgan fingerprint density at radius 1 is 1.05 bits per heavy atom. The van der Waals surface area contributed by atoms with Crippen molar-refractivity contribution < 1.29 is 25.2 Å². The first-order valence-corrected chi connectivity index (χ1v) is 6.10. The van der Waals surface area contributed by atoms with Gasteiger partial charge in [0.15, 0.2) is 0 Å². The van der Waals surface area contributed by atoms with Crippen molar-refractivity contribution in [3.8, 4) is 0 Å². The van der Waals surface area contributed by atoms with Gasteiger partial charge in [0.1, 0.15) is 18.3 Å². The fourth-order valence-electron chi connectivity index (χ4n) is 1.64. The van der Waals surface area contributed by atoms with Crippen LogP contribution in [-0.4, -0.2) is 58.0 Å². The molecule has 6 N–H and O–H groups in total. The van der Waals surface area contributed by atoms with Crippen molar-refractivity contribution in [2.45, 2.75) is 31.0 Å². The Bertz CT molecular complexity index is 348. The van der Waals surface area contributed by atoms with Gasteiger partial charge >= 0.3 is 0 Å². The van der Waals surface area contributed by atoms with Gasteiger partial charge in [-0.1, -0.05) is 30.3 Å². The van der Waals surface area contributed by atoms with Crippen LogP contribution in [0.2, 0.25) is 0 Å². The van der Waals surface area contributed by atoms with E-state index in [2.05, 4.69) is 0 Å². The molecule has 4 atom stereocenters. The van der Waals surface area contributed by atoms with Crippen molar-refractivity contribution in [2.24, 2.45) is 5.73 Å². The van der Waals surface area contributed by atoms with Gasteiger partial charge in [-0.25, -0.2) is 0 Å². The number of hydrogen-bond donors (Lipinski definition) is 5. The number of aliphatic hydroxyl groups excluding tert-OH is 4. The maximum atomic E-state index is 9.83. The molecule has 6 nitrogen and oxygen atoms in total. The van der Waals surface area contributed by atoms with Crippen LogP contribution >= 0.6 is 0 Å². The van der Waals surface area contributed by atoms with E-state index in [0.29, 0.717) is 0 Å². The molecule has 0 aliphatic heterocycles. The number of nitrogens with two attached hydrogens (primary N) is 1. The molecule has 1 rings (SSSR count). The van der Waals surface area contributed by atoms with Crippen LogP contribution in [0.1, 0.15) is 5.56 Å². The van der Waals surface area contributed by atoms with Crippen molar-refractivity contribution in [3.63, 3.8) is 0 Å². The van der Waals surface area contributed by atoms with E-state index < -0.39 is 31.0 Å². The van der Waals surface area contributed by atoms with Crippen LogP contribution in [0, 0.1) is 0 Å². The SMILES string of the molecule is NC[C@H](OCc1ccccc1)[C@@H](O)[C@H](O)[C@H](O)CO. The van der Waals surface area contributed by atoms with Crippen LogP contribution in [0.15, 0.2) is 30.3 Å². The van der Waals surface area contributed by atoms with E-state index in [1.54, 1.807) is 0 Å². The minimum Gasteiger partial charge on any atom is -0.394 e. The lowest BCUT2D eigenvalue weighted by atomic mass is 10.0. The Morgan fingerprint density at radius 3 is 2.21 bits per heavy atom. The van der Waals surface area contributed by atoms with Gasteiger partial charge < -0.3 is 30.9 Å². The third-order valence-electron chi connectivity index (χ3n) is 2.85. The molecule has 0 amide bonds. The van der Waals surface area contributed by atoms with Gasteiger partial charge in [-0.15, -0.1) is 0 Å². The summed E-state index contributed by atoms with van der Waals surface area (Å²) in [6.45, 7) is -0.418. The lowest BCUT2D eigenvalue weighted by Gasteiger charge is -2.28. The molecule has 1 aromatic rings. The minimum atomic E-state index is -1.51. The number of rotatable bonds is 8. The summed E-state index contributed by atoms with van der Waals surface area (Å²) in [6, 6.07) is 9.31. The summed E-state index contributed by atoms with van der Waals surface area (Å²) in [5.41, 5.74) is 6.38. The summed E-state index contributed by atoms with van der Waals surface area (Å²) in [5, 5.41) is 37.4. The molecule has 108 valence electrons. The normalized spacial score (nSPS) is 17.7. The molecule has 0 aliphatic carbocycles. The number of ether oxygens (including phenoxy) is 1. The molecule has 0 bridgehead atoms. The number of benzene rings is 1. The highest BCUT2D eigenvalue weighted by molar-refractivity contribution is 5.13. The smallest absolute Gasteiger partial charge is 0.111 e. The largest absolute Gasteiger partial charge is 0.394 e. The Labute approximate surface area is 112 Å². The average molecular weight is 271 g/mol. The van der Waals surface area contributed by atoms with Crippen LogP contribution in [0.25, 0.3) is 0 Å². The number of hydrogen-bond acceptors (Lipinski definition) is 6. The van der Waals surface area contributed by atoms with Gasteiger partial charge in [-0.05, 0) is 5.56 Å². The fraction of sp³-hybridized carbons (Fsp3) is 0.538. The standard InChI is InChI=1S/C13H21NO5/c14-6-11(13(18)12(17)10(16)7-15)19-8-9-4-2-1-3-5-9/h1-5,10-13,15-18H,6-8,14H2/t10-,11+,12-,13-/m1/s1. The Morgan fingerprint density at radius 2 is 1.68 bits per heavy atom. The van der Waals surface area contributed by atoms with Gasteiger partial charge in [0.25, 0.3) is 0 Å². The second-order valence-electron chi connectivity index (χ2n) is 4.30. The molecule has 0 unspecified atom stereocenters. The Balaban J connectivity index is 2.53. The zero-order valence-electron chi connectivity index (χ0n) is 10.6. The van der Waals surface area contributed by atoms with Gasteiger partial charge in [-0.3, -0.25) is 0 Å². The first kappa shape index (κ1) is 16.0. The van der Waals surface area contributed by atoms with E-state index in [0.717, 1.165) is 5.56 Å². The predicted octanol–water partition coefficient (Wildman–Crippen LogP) is -1.39. The van der Waals surface area contributed by atoms with Crippen LogP contribution < -0.4 is 5.73 Å². The molecule has 0 heterocycles. The average Bonchev–Trinajstić information content (AvgIpc) is 2.47. The predicted molar refractivity (Wildman–Crippen MR) is 69.2 cm³/mol. The third kappa shape index (κ3) is 4.87. The minimum absolute atomic E-state index is 0.0107. The topological polar surface area (TPSA) is 116 Å². The third-order valence-corrected chi connectivity index (χ3v) is 2.85. The highest BCUT2D eigenvalue weighted by Gasteiger charge is 2.30. The first-order chi connectivity index (χ1) is 9.10. The van der Waals surface area contributed by atoms with Crippen LogP contribution in [0.3, 0.4) is 0 Å². The summed E-state index contributed by atoms with van der Waals surface area (Å²) in [6.07, 6.45) is -5.12. The fourth-order valence-corrected chi connectivity index (χ4v) is 1.64. The molecule has 6 heteroatoms. The van der Waals surface area contributed by atoms with Crippen molar-refractivity contribution in [3.05, 3.63) is 35.9 Å². The summed E-state index contributed by atoms with van der Waals surface area (Å²) in [4.78, 5) is 0. The summed E-state index contributed by atoms with van der Waals surface area (Å²) in [5.74, 6) is 0. The summed E-state index contributed by atoms with van der Waals surface area (Å²) >= 11 is 0. The molecule has 0 radical (unpaired) electrons. The van der Waals surface area contributed by atoms with E-state index in [9.17, 15) is 15.3 Å². The van der Waals surface area contributed by atoms with Crippen molar-refractivity contribution in [1.82, 2.24) is 0 Å².